The Kier molecular flexibility index (Phi) is 4.02. The molecule has 4 heteroatoms. The molecule has 2 aromatic rings. The van der Waals surface area contributed by atoms with Gasteiger partial charge < -0.3 is 9.84 Å². The van der Waals surface area contributed by atoms with E-state index in [0.717, 1.165) is 5.56 Å². The van der Waals surface area contributed by atoms with Crippen molar-refractivity contribution in [3.8, 4) is 11.5 Å². The molecule has 0 fully saturated rings. The molecule has 0 aliphatic carbocycles. The van der Waals surface area contributed by atoms with Crippen molar-refractivity contribution in [2.75, 3.05) is 0 Å². The lowest BCUT2D eigenvalue weighted by Gasteiger charge is -2.08. The second-order valence-electron chi connectivity index (χ2n) is 4.30. The first-order valence-electron chi connectivity index (χ1n) is 6.03. The first-order valence-corrected chi connectivity index (χ1v) is 6.03. The molecule has 0 unspecified atom stereocenters. The van der Waals surface area contributed by atoms with Crippen molar-refractivity contribution < 1.29 is 14.6 Å². The number of phenolic OH excluding ortho intramolecular Hbond substituents is 1. The summed E-state index contributed by atoms with van der Waals surface area (Å²) in [7, 11) is 0. The quantitative estimate of drug-likeness (QED) is 0.678. The minimum atomic E-state index is -0.214. The molecule has 20 heavy (non-hydrogen) atoms. The van der Waals surface area contributed by atoms with E-state index in [1.807, 2.05) is 12.1 Å². The summed E-state index contributed by atoms with van der Waals surface area (Å²) in [6.45, 7) is 8.60. The third kappa shape index (κ3) is 3.15. The van der Waals surface area contributed by atoms with Crippen LogP contribution in [0.15, 0.2) is 42.5 Å². The smallest absolute Gasteiger partial charge is 0.187 e. The van der Waals surface area contributed by atoms with E-state index < -0.39 is 0 Å². The zero-order valence-corrected chi connectivity index (χ0v) is 11.0. The molecule has 0 aromatic heterocycles. The summed E-state index contributed by atoms with van der Waals surface area (Å²) in [5, 5.41) is 9.54. The van der Waals surface area contributed by atoms with E-state index >= 15 is 0 Å². The molecular weight excluding hydrogens is 254 g/mol. The molecular formula is C16H13NO3. The Balaban J connectivity index is 2.09. The minimum Gasteiger partial charge on any atom is -0.507 e. The van der Waals surface area contributed by atoms with E-state index in [-0.39, 0.29) is 17.1 Å². The van der Waals surface area contributed by atoms with Crippen LogP contribution < -0.4 is 4.74 Å². The van der Waals surface area contributed by atoms with Gasteiger partial charge in [0.05, 0.1) is 12.1 Å². The molecule has 0 saturated heterocycles. The molecule has 2 aromatic carbocycles. The number of carbonyl (C=O) groups excluding carboxylic acids is 1. The number of hydrogen-bond donors (Lipinski definition) is 1. The second-order valence-corrected chi connectivity index (χ2v) is 4.30. The largest absolute Gasteiger partial charge is 0.507 e. The van der Waals surface area contributed by atoms with E-state index in [0.29, 0.717) is 18.0 Å². The van der Waals surface area contributed by atoms with Gasteiger partial charge >= 0.3 is 0 Å². The van der Waals surface area contributed by atoms with E-state index in [4.69, 9.17) is 11.3 Å². The molecule has 1 N–H and O–H groups in total. The predicted octanol–water partition coefficient (Wildman–Crippen LogP) is 3.72. The molecule has 0 spiro atoms. The van der Waals surface area contributed by atoms with Crippen LogP contribution >= 0.6 is 0 Å². The monoisotopic (exact) mass is 267 g/mol. The van der Waals surface area contributed by atoms with Gasteiger partial charge in [0.25, 0.3) is 0 Å². The standard InChI is InChI=1S/C16H13NO3/c1-11(18)15-9-14(7-8-16(15)19)20-10-12-3-5-13(17-2)6-4-12/h3-9,19H,10H2,1H3. The van der Waals surface area contributed by atoms with Crippen LogP contribution in [0.1, 0.15) is 22.8 Å². The molecule has 0 aliphatic heterocycles. The Morgan fingerprint density at radius 1 is 1.25 bits per heavy atom. The summed E-state index contributed by atoms with van der Waals surface area (Å²) in [6.07, 6.45) is 0. The fraction of sp³-hybridized carbons (Fsp3) is 0.125. The Hall–Kier alpha value is -2.80. The Bertz CT molecular complexity index is 669. The molecule has 0 radical (unpaired) electrons. The topological polar surface area (TPSA) is 50.9 Å². The highest BCUT2D eigenvalue weighted by molar-refractivity contribution is 5.97. The maximum Gasteiger partial charge on any atom is 0.187 e. The highest BCUT2D eigenvalue weighted by Gasteiger charge is 2.08. The molecule has 4 nitrogen and oxygen atoms in total. The van der Waals surface area contributed by atoms with E-state index in [9.17, 15) is 9.90 Å². The van der Waals surface area contributed by atoms with Gasteiger partial charge in [-0.25, -0.2) is 4.85 Å². The van der Waals surface area contributed by atoms with Crippen molar-refractivity contribution in [1.29, 1.82) is 0 Å². The third-order valence-electron chi connectivity index (χ3n) is 2.82. The van der Waals surface area contributed by atoms with Gasteiger partial charge in [-0.3, -0.25) is 4.79 Å². The first-order chi connectivity index (χ1) is 9.60. The molecule has 0 aliphatic rings. The van der Waals surface area contributed by atoms with Gasteiger partial charge in [-0.15, -0.1) is 0 Å². The minimum absolute atomic E-state index is 0.0498. The van der Waals surface area contributed by atoms with Crippen molar-refractivity contribution in [2.24, 2.45) is 0 Å². The molecule has 0 saturated carbocycles. The zero-order valence-electron chi connectivity index (χ0n) is 11.0. The third-order valence-corrected chi connectivity index (χ3v) is 2.82. The lowest BCUT2D eigenvalue weighted by molar-refractivity contribution is 0.101. The summed E-state index contributed by atoms with van der Waals surface area (Å²) in [4.78, 5) is 14.6. The summed E-state index contributed by atoms with van der Waals surface area (Å²) in [5.41, 5.74) is 1.75. The SMILES string of the molecule is [C-]#[N+]c1ccc(COc2ccc(O)c(C(C)=O)c2)cc1. The maximum atomic E-state index is 11.3. The van der Waals surface area contributed by atoms with Crippen LogP contribution in [0.4, 0.5) is 5.69 Å². The summed E-state index contributed by atoms with van der Waals surface area (Å²) in [6, 6.07) is 11.7. The number of aromatic hydroxyl groups is 1. The Labute approximate surface area is 117 Å². The van der Waals surface area contributed by atoms with Crippen molar-refractivity contribution in [3.05, 3.63) is 65.0 Å². The van der Waals surface area contributed by atoms with Crippen LogP contribution in [0.2, 0.25) is 0 Å². The molecule has 0 heterocycles. The summed E-state index contributed by atoms with van der Waals surface area (Å²) < 4.78 is 5.57. The zero-order chi connectivity index (χ0) is 14.5. The second kappa shape index (κ2) is 5.89. The maximum absolute atomic E-state index is 11.3. The fourth-order valence-electron chi connectivity index (χ4n) is 1.72. The molecule has 2 rings (SSSR count). The number of ether oxygens (including phenoxy) is 1. The average molecular weight is 267 g/mol. The van der Waals surface area contributed by atoms with E-state index in [1.165, 1.54) is 19.1 Å². The normalized spacial score (nSPS) is 9.80. The number of ketones is 1. The van der Waals surface area contributed by atoms with Gasteiger partial charge in [-0.1, -0.05) is 24.3 Å². The van der Waals surface area contributed by atoms with Gasteiger partial charge in [0.1, 0.15) is 18.1 Å². The number of rotatable bonds is 4. The van der Waals surface area contributed by atoms with Crippen molar-refractivity contribution >= 4 is 11.5 Å². The molecule has 0 bridgehead atoms. The van der Waals surface area contributed by atoms with Crippen molar-refractivity contribution in [1.82, 2.24) is 0 Å². The number of nitrogens with zero attached hydrogens (tertiary/aromatic N) is 1. The molecule has 0 atom stereocenters. The van der Waals surface area contributed by atoms with Gasteiger partial charge in [-0.2, -0.15) is 0 Å². The van der Waals surface area contributed by atoms with Crippen LogP contribution in [0.25, 0.3) is 4.85 Å². The first kappa shape index (κ1) is 13.6. The van der Waals surface area contributed by atoms with E-state index in [2.05, 4.69) is 4.85 Å². The lowest BCUT2D eigenvalue weighted by atomic mass is 10.1. The summed E-state index contributed by atoms with van der Waals surface area (Å²) >= 11 is 0. The number of Topliss-reactive ketones (excluding diaryl/α,β-unsaturated/α-hetero) is 1. The average Bonchev–Trinajstić information content (AvgIpc) is 2.46. The lowest BCUT2D eigenvalue weighted by Crippen LogP contribution is -1.98. The Morgan fingerprint density at radius 3 is 2.55 bits per heavy atom. The van der Waals surface area contributed by atoms with Crippen LogP contribution in [-0.4, -0.2) is 10.9 Å². The fourth-order valence-corrected chi connectivity index (χ4v) is 1.72. The molecule has 0 amide bonds. The number of phenols is 1. The van der Waals surface area contributed by atoms with Gasteiger partial charge in [0.15, 0.2) is 11.5 Å². The van der Waals surface area contributed by atoms with E-state index in [1.54, 1.807) is 18.2 Å². The van der Waals surface area contributed by atoms with Crippen molar-refractivity contribution in [2.45, 2.75) is 13.5 Å². The van der Waals surface area contributed by atoms with Crippen LogP contribution in [-0.2, 0) is 6.61 Å². The highest BCUT2D eigenvalue weighted by atomic mass is 16.5. The van der Waals surface area contributed by atoms with Crippen LogP contribution in [0.3, 0.4) is 0 Å². The predicted molar refractivity (Wildman–Crippen MR) is 75.1 cm³/mol. The molecule has 100 valence electrons. The highest BCUT2D eigenvalue weighted by Crippen LogP contribution is 2.24. The van der Waals surface area contributed by atoms with Gasteiger partial charge in [0, 0.05) is 0 Å². The van der Waals surface area contributed by atoms with Gasteiger partial charge in [-0.05, 0) is 30.7 Å². The Morgan fingerprint density at radius 2 is 1.95 bits per heavy atom. The number of hydrogen-bond acceptors (Lipinski definition) is 3. The number of carbonyl (C=O) groups is 1. The van der Waals surface area contributed by atoms with Gasteiger partial charge in [0.2, 0.25) is 0 Å². The van der Waals surface area contributed by atoms with Crippen LogP contribution in [0.5, 0.6) is 11.5 Å². The van der Waals surface area contributed by atoms with Crippen LogP contribution in [0, 0.1) is 6.57 Å². The van der Waals surface area contributed by atoms with Crippen molar-refractivity contribution in [3.63, 3.8) is 0 Å². The summed E-state index contributed by atoms with van der Waals surface area (Å²) in [5.74, 6) is 0.253. The number of benzene rings is 2.